The maximum atomic E-state index is 13.5. The van der Waals surface area contributed by atoms with Crippen LogP contribution in [0.15, 0.2) is 46.9 Å². The molecule has 0 unspecified atom stereocenters. The molecular weight excluding hydrogens is 556 g/mol. The van der Waals surface area contributed by atoms with Gasteiger partial charge in [0.25, 0.3) is 17.7 Å². The first-order chi connectivity index (χ1) is 20.8. The number of benzene rings is 2. The minimum absolute atomic E-state index is 0.0508. The molecule has 0 bridgehead atoms. The Morgan fingerprint density at radius 2 is 1.98 bits per heavy atom. The monoisotopic (exact) mass is 578 g/mol. The molecule has 2 aromatic carbocycles. The van der Waals surface area contributed by atoms with Crippen molar-refractivity contribution in [2.45, 2.75) is 32.4 Å². The number of aromatic nitrogens is 9. The molecule has 4 aromatic heterocycles. The Morgan fingerprint density at radius 1 is 1.09 bits per heavy atom. The average molecular weight is 579 g/mol. The second-order valence-corrected chi connectivity index (χ2v) is 10.00. The highest BCUT2D eigenvalue weighted by Gasteiger charge is 2.28. The van der Waals surface area contributed by atoms with E-state index in [0.29, 0.717) is 29.2 Å². The molecule has 43 heavy (non-hydrogen) atoms. The highest BCUT2D eigenvalue weighted by Crippen LogP contribution is 2.33. The number of fused-ring (bicyclic) bond motifs is 3. The van der Waals surface area contributed by atoms with Crippen LogP contribution in [-0.4, -0.2) is 63.1 Å². The Kier molecular flexibility index (Phi) is 6.07. The fraction of sp³-hybridized carbons (Fsp3) is 0.185. The van der Waals surface area contributed by atoms with E-state index in [2.05, 4.69) is 51.5 Å². The number of oxazole rings is 1. The number of tetrazole rings is 1. The summed E-state index contributed by atoms with van der Waals surface area (Å²) in [7, 11) is 0. The molecule has 7 rings (SSSR count). The van der Waals surface area contributed by atoms with E-state index in [1.165, 1.54) is 6.07 Å². The number of hydrogen-bond acceptors (Lipinski definition) is 11. The average Bonchev–Trinajstić information content (AvgIpc) is 3.80. The number of carbonyl (C=O) groups excluding carboxylic acids is 3. The summed E-state index contributed by atoms with van der Waals surface area (Å²) in [4.78, 5) is 47.5. The van der Waals surface area contributed by atoms with Gasteiger partial charge < -0.3 is 20.8 Å². The number of carbonyl (C=O) groups is 3. The van der Waals surface area contributed by atoms with E-state index in [-0.39, 0.29) is 35.3 Å². The van der Waals surface area contributed by atoms with Gasteiger partial charge in [0.15, 0.2) is 22.8 Å². The first-order valence-corrected chi connectivity index (χ1v) is 13.2. The first-order valence-electron chi connectivity index (χ1n) is 13.2. The second kappa shape index (κ2) is 10.1. The van der Waals surface area contributed by atoms with E-state index >= 15 is 0 Å². The number of nitrogens with one attached hydrogen (secondary N) is 3. The van der Waals surface area contributed by atoms with Crippen LogP contribution >= 0.6 is 0 Å². The Labute approximate surface area is 241 Å². The molecule has 5 N–H and O–H groups in total. The molecule has 1 aliphatic carbocycles. The van der Waals surface area contributed by atoms with Crippen molar-refractivity contribution in [2.24, 2.45) is 5.73 Å². The van der Waals surface area contributed by atoms with Gasteiger partial charge in [-0.2, -0.15) is 9.73 Å². The largest absolute Gasteiger partial charge is 0.441 e. The molecule has 16 nitrogen and oxygen atoms in total. The van der Waals surface area contributed by atoms with Crippen LogP contribution in [0.4, 0.5) is 0 Å². The van der Waals surface area contributed by atoms with Crippen molar-refractivity contribution in [1.29, 1.82) is 0 Å². The summed E-state index contributed by atoms with van der Waals surface area (Å²) >= 11 is 0. The Bertz CT molecular complexity index is 2060. The highest BCUT2D eigenvalue weighted by molar-refractivity contribution is 6.01. The summed E-state index contributed by atoms with van der Waals surface area (Å²) in [6.45, 7) is 1.90. The standard InChI is InChI=1S/C27H22N12O4/c1-12-30-18-8-13(2-7-21(18)43-12)11-29-27(42)20-10-19(31-25-22(23(28)40)33-38-39(20)25)26(41)32-17-6-4-14-9-15(3-5-16(14)17)24-34-36-37-35-24/h2-3,5,7-10,17H,4,6,11H2,1H3,(H2,28,40)(H,29,42)(H,32,41)(H,34,35,36,37)/t17-/m0/s1. The summed E-state index contributed by atoms with van der Waals surface area (Å²) in [6, 6.07) is 12.1. The molecule has 6 aromatic rings. The molecule has 4 heterocycles. The predicted octanol–water partition coefficient (Wildman–Crippen LogP) is 1.20. The van der Waals surface area contributed by atoms with E-state index in [1.807, 2.05) is 18.2 Å². The number of rotatable bonds is 7. The van der Waals surface area contributed by atoms with Gasteiger partial charge in [-0.25, -0.2) is 9.97 Å². The van der Waals surface area contributed by atoms with E-state index in [4.69, 9.17) is 10.2 Å². The summed E-state index contributed by atoms with van der Waals surface area (Å²) in [5, 5.41) is 27.5. The minimum atomic E-state index is -0.898. The molecule has 1 atom stereocenters. The van der Waals surface area contributed by atoms with Crippen LogP contribution in [0.25, 0.3) is 28.1 Å². The second-order valence-electron chi connectivity index (χ2n) is 10.00. The molecule has 0 saturated carbocycles. The fourth-order valence-corrected chi connectivity index (χ4v) is 5.21. The molecule has 0 aliphatic heterocycles. The lowest BCUT2D eigenvalue weighted by atomic mass is 10.0. The maximum absolute atomic E-state index is 13.5. The van der Waals surface area contributed by atoms with E-state index in [9.17, 15) is 14.4 Å². The summed E-state index contributed by atoms with van der Waals surface area (Å²) in [6.07, 6.45) is 1.38. The Morgan fingerprint density at radius 3 is 2.79 bits per heavy atom. The summed E-state index contributed by atoms with van der Waals surface area (Å²) in [5.74, 6) is -0.997. The number of hydrogen-bond donors (Lipinski definition) is 4. The fourth-order valence-electron chi connectivity index (χ4n) is 5.21. The summed E-state index contributed by atoms with van der Waals surface area (Å²) in [5.41, 5.74) is 9.82. The van der Waals surface area contributed by atoms with Crippen molar-refractivity contribution in [3.63, 3.8) is 0 Å². The molecular formula is C27H22N12O4. The van der Waals surface area contributed by atoms with Gasteiger partial charge in [0.05, 0.1) is 6.04 Å². The normalized spacial score (nSPS) is 14.2. The SMILES string of the molecule is Cc1nc2cc(CNC(=O)c3cc(C(=O)N[C@H]4CCc5cc(-c6nn[nH]n6)ccc54)nc4c(C(N)=O)nnn34)ccc2o1. The van der Waals surface area contributed by atoms with Crippen molar-refractivity contribution in [3.8, 4) is 11.4 Å². The van der Waals surface area contributed by atoms with Crippen molar-refractivity contribution >= 4 is 34.5 Å². The molecule has 3 amide bonds. The van der Waals surface area contributed by atoms with Crippen LogP contribution in [0.3, 0.4) is 0 Å². The summed E-state index contributed by atoms with van der Waals surface area (Å²) < 4.78 is 6.59. The van der Waals surface area contributed by atoms with Crippen LogP contribution in [0, 0.1) is 6.92 Å². The Hall–Kier alpha value is -6.06. The van der Waals surface area contributed by atoms with Crippen LogP contribution < -0.4 is 16.4 Å². The zero-order valence-electron chi connectivity index (χ0n) is 22.5. The predicted molar refractivity (Wildman–Crippen MR) is 147 cm³/mol. The number of amides is 3. The number of aromatic amines is 1. The third-order valence-electron chi connectivity index (χ3n) is 7.21. The zero-order chi connectivity index (χ0) is 29.7. The number of nitrogens with two attached hydrogens (primary N) is 1. The number of H-pyrrole nitrogens is 1. The topological polar surface area (TPSA) is 225 Å². The molecule has 0 saturated heterocycles. The molecule has 16 heteroatoms. The number of nitrogens with zero attached hydrogens (tertiary/aromatic N) is 8. The van der Waals surface area contributed by atoms with Gasteiger partial charge in [-0.05, 0) is 52.9 Å². The van der Waals surface area contributed by atoms with Crippen molar-refractivity contribution in [1.82, 2.24) is 56.1 Å². The van der Waals surface area contributed by atoms with Crippen LogP contribution in [0.5, 0.6) is 0 Å². The van der Waals surface area contributed by atoms with Crippen LogP contribution in [-0.2, 0) is 13.0 Å². The van der Waals surface area contributed by atoms with Gasteiger partial charge in [-0.15, -0.1) is 15.3 Å². The third kappa shape index (κ3) is 4.69. The van der Waals surface area contributed by atoms with Gasteiger partial charge in [-0.1, -0.05) is 23.4 Å². The van der Waals surface area contributed by atoms with E-state index in [1.54, 1.807) is 25.1 Å². The molecule has 0 fully saturated rings. The van der Waals surface area contributed by atoms with Gasteiger partial charge in [0.2, 0.25) is 5.82 Å². The van der Waals surface area contributed by atoms with Gasteiger partial charge in [0, 0.05) is 25.1 Å². The van der Waals surface area contributed by atoms with Gasteiger partial charge in [0.1, 0.15) is 16.9 Å². The minimum Gasteiger partial charge on any atom is -0.441 e. The third-order valence-corrected chi connectivity index (χ3v) is 7.21. The van der Waals surface area contributed by atoms with E-state index < -0.39 is 17.7 Å². The lowest BCUT2D eigenvalue weighted by Gasteiger charge is -2.15. The highest BCUT2D eigenvalue weighted by atomic mass is 16.3. The molecule has 0 radical (unpaired) electrons. The quantitative estimate of drug-likeness (QED) is 0.210. The van der Waals surface area contributed by atoms with Gasteiger partial charge in [-0.3, -0.25) is 14.4 Å². The Balaban J connectivity index is 1.15. The lowest BCUT2D eigenvalue weighted by molar-refractivity contribution is 0.0929. The number of primary amides is 1. The first kappa shape index (κ1) is 25.9. The smallest absolute Gasteiger partial charge is 0.273 e. The molecule has 214 valence electrons. The maximum Gasteiger partial charge on any atom is 0.273 e. The number of aryl methyl sites for hydroxylation is 2. The molecule has 1 aliphatic rings. The van der Waals surface area contributed by atoms with E-state index in [0.717, 1.165) is 33.2 Å². The van der Waals surface area contributed by atoms with Crippen LogP contribution in [0.2, 0.25) is 0 Å². The van der Waals surface area contributed by atoms with Crippen molar-refractivity contribution in [2.75, 3.05) is 0 Å². The van der Waals surface area contributed by atoms with Gasteiger partial charge >= 0.3 is 0 Å². The zero-order valence-corrected chi connectivity index (χ0v) is 22.5. The van der Waals surface area contributed by atoms with Crippen LogP contribution in [0.1, 0.15) is 66.5 Å². The molecule has 0 spiro atoms. The lowest BCUT2D eigenvalue weighted by Crippen LogP contribution is -2.30. The van der Waals surface area contributed by atoms with Crippen molar-refractivity contribution in [3.05, 3.63) is 82.1 Å². The van der Waals surface area contributed by atoms with Crippen molar-refractivity contribution < 1.29 is 18.8 Å².